The minimum atomic E-state index is -4.39. The highest BCUT2D eigenvalue weighted by Crippen LogP contribution is 2.27. The molecule has 19 heavy (non-hydrogen) atoms. The zero-order valence-corrected chi connectivity index (χ0v) is 11.2. The third kappa shape index (κ3) is 7.34. The molecule has 0 aromatic carbocycles. The van der Waals surface area contributed by atoms with E-state index in [-0.39, 0.29) is 39.1 Å². The number of halogens is 3. The fourth-order valence-corrected chi connectivity index (χ4v) is 1.68. The van der Waals surface area contributed by atoms with Crippen LogP contribution in [-0.2, 0) is 14.3 Å². The Kier molecular flexibility index (Phi) is 8.70. The number of methoxy groups -OCH3 is 2. The molecule has 0 aliphatic heterocycles. The number of esters is 1. The van der Waals surface area contributed by atoms with E-state index in [1.165, 1.54) is 14.2 Å². The summed E-state index contributed by atoms with van der Waals surface area (Å²) in [5, 5.41) is 0. The normalized spacial score (nSPS) is 13.6. The maximum absolute atomic E-state index is 12.9. The van der Waals surface area contributed by atoms with Crippen molar-refractivity contribution in [1.29, 1.82) is 0 Å². The number of ether oxygens (including phenoxy) is 2. The summed E-state index contributed by atoms with van der Waals surface area (Å²) in [4.78, 5) is 12.2. The number of rotatable bonds is 9. The molecule has 2 N–H and O–H groups in total. The highest BCUT2D eigenvalue weighted by atomic mass is 19.4. The van der Waals surface area contributed by atoms with Gasteiger partial charge in [0.15, 0.2) is 0 Å². The average molecular weight is 286 g/mol. The van der Waals surface area contributed by atoms with Crippen molar-refractivity contribution >= 4 is 5.97 Å². The Labute approximate surface area is 110 Å². The highest BCUT2D eigenvalue weighted by molar-refractivity contribution is 5.69. The smallest absolute Gasteiger partial charge is 0.404 e. The Morgan fingerprint density at radius 3 is 2.37 bits per heavy atom. The lowest BCUT2D eigenvalue weighted by atomic mass is 10.1. The second-order valence-electron chi connectivity index (χ2n) is 3.99. The van der Waals surface area contributed by atoms with E-state index in [1.54, 1.807) is 0 Å². The second-order valence-corrected chi connectivity index (χ2v) is 3.99. The number of alkyl halides is 3. The zero-order valence-electron chi connectivity index (χ0n) is 11.2. The predicted molar refractivity (Wildman–Crippen MR) is 63.6 cm³/mol. The van der Waals surface area contributed by atoms with Gasteiger partial charge in [-0.2, -0.15) is 13.2 Å². The van der Waals surface area contributed by atoms with Crippen LogP contribution in [0.4, 0.5) is 13.2 Å². The third-order valence-corrected chi connectivity index (χ3v) is 2.67. The van der Waals surface area contributed by atoms with Gasteiger partial charge >= 0.3 is 12.1 Å². The number of nitrogens with zero attached hydrogens (tertiary/aromatic N) is 1. The Hall–Kier alpha value is -0.860. The lowest BCUT2D eigenvalue weighted by Gasteiger charge is -2.32. The molecule has 0 saturated carbocycles. The molecule has 1 unspecified atom stereocenters. The van der Waals surface area contributed by atoms with Crippen LogP contribution in [-0.4, -0.2) is 63.5 Å². The molecule has 0 aliphatic carbocycles. The quantitative estimate of drug-likeness (QED) is 0.635. The van der Waals surface area contributed by atoms with E-state index in [1.807, 2.05) is 0 Å². The molecule has 0 aliphatic rings. The van der Waals surface area contributed by atoms with E-state index in [0.717, 1.165) is 4.90 Å². The Balaban J connectivity index is 4.70. The molecule has 0 heterocycles. The maximum Gasteiger partial charge on any atom is 0.404 e. The first-order chi connectivity index (χ1) is 8.86. The fourth-order valence-electron chi connectivity index (χ4n) is 1.68. The number of nitrogens with two attached hydrogens (primary N) is 1. The molecule has 114 valence electrons. The minimum absolute atomic E-state index is 0.0415. The second kappa shape index (κ2) is 9.11. The summed E-state index contributed by atoms with van der Waals surface area (Å²) in [6, 6.07) is -1.67. The van der Waals surface area contributed by atoms with Gasteiger partial charge in [-0.3, -0.25) is 9.69 Å². The summed E-state index contributed by atoms with van der Waals surface area (Å²) < 4.78 is 48.0. The lowest BCUT2D eigenvalue weighted by molar-refractivity contribution is -0.187. The summed E-state index contributed by atoms with van der Waals surface area (Å²) in [7, 11) is 2.60. The first kappa shape index (κ1) is 18.1. The maximum atomic E-state index is 12.9. The van der Waals surface area contributed by atoms with Crippen LogP contribution in [0.3, 0.4) is 0 Å². The minimum Gasteiger partial charge on any atom is -0.469 e. The van der Waals surface area contributed by atoms with Crippen LogP contribution in [0.5, 0.6) is 0 Å². The van der Waals surface area contributed by atoms with E-state index in [2.05, 4.69) is 4.74 Å². The van der Waals surface area contributed by atoms with Crippen molar-refractivity contribution in [2.45, 2.75) is 25.1 Å². The van der Waals surface area contributed by atoms with Gasteiger partial charge in [0, 0.05) is 20.2 Å². The van der Waals surface area contributed by atoms with E-state index in [4.69, 9.17) is 10.5 Å². The van der Waals surface area contributed by atoms with Crippen LogP contribution in [0.15, 0.2) is 0 Å². The van der Waals surface area contributed by atoms with Gasteiger partial charge in [0.05, 0.1) is 20.1 Å². The van der Waals surface area contributed by atoms with Gasteiger partial charge in [-0.25, -0.2) is 0 Å². The van der Waals surface area contributed by atoms with Crippen molar-refractivity contribution in [2.24, 2.45) is 5.73 Å². The topological polar surface area (TPSA) is 64.8 Å². The number of carbonyl (C=O) groups is 1. The molecule has 0 radical (unpaired) electrons. The van der Waals surface area contributed by atoms with Gasteiger partial charge in [-0.05, 0) is 13.0 Å². The van der Waals surface area contributed by atoms with E-state index >= 15 is 0 Å². The average Bonchev–Trinajstić information content (AvgIpc) is 2.35. The predicted octanol–water partition coefficient (Wildman–Crippen LogP) is 0.778. The first-order valence-corrected chi connectivity index (χ1v) is 5.93. The van der Waals surface area contributed by atoms with Gasteiger partial charge in [0.25, 0.3) is 0 Å². The van der Waals surface area contributed by atoms with Gasteiger partial charge in [0.2, 0.25) is 0 Å². The van der Waals surface area contributed by atoms with Crippen LogP contribution >= 0.6 is 0 Å². The molecular weight excluding hydrogens is 265 g/mol. The molecule has 8 heteroatoms. The van der Waals surface area contributed by atoms with Gasteiger partial charge < -0.3 is 15.2 Å². The van der Waals surface area contributed by atoms with Crippen LogP contribution in [0, 0.1) is 0 Å². The molecular formula is C11H21F3N2O3. The van der Waals surface area contributed by atoms with Crippen molar-refractivity contribution in [2.75, 3.05) is 40.5 Å². The number of carbonyl (C=O) groups excluding carboxylic acids is 1. The van der Waals surface area contributed by atoms with Crippen LogP contribution in [0.1, 0.15) is 12.8 Å². The molecule has 0 rings (SSSR count). The standard InChI is InChI=1S/C11H21F3N2O3/c1-18-8-7-16(6-4-10(17)19-2)9(3-5-15)11(12,13)14/h9H,3-8,15H2,1-2H3. The molecule has 0 amide bonds. The van der Waals surface area contributed by atoms with Gasteiger partial charge in [0.1, 0.15) is 6.04 Å². The molecule has 0 bridgehead atoms. The van der Waals surface area contributed by atoms with Crippen molar-refractivity contribution in [3.63, 3.8) is 0 Å². The van der Waals surface area contributed by atoms with Crippen molar-refractivity contribution in [1.82, 2.24) is 4.90 Å². The molecule has 1 atom stereocenters. The van der Waals surface area contributed by atoms with E-state index in [0.29, 0.717) is 0 Å². The Morgan fingerprint density at radius 1 is 1.32 bits per heavy atom. The summed E-state index contributed by atoms with van der Waals surface area (Å²) in [5.41, 5.74) is 5.23. The lowest BCUT2D eigenvalue weighted by Crippen LogP contribution is -2.48. The zero-order chi connectivity index (χ0) is 14.9. The van der Waals surface area contributed by atoms with Gasteiger partial charge in [-0.15, -0.1) is 0 Å². The summed E-state index contributed by atoms with van der Waals surface area (Å²) in [5.74, 6) is -0.545. The molecule has 0 aromatic heterocycles. The number of hydrogen-bond acceptors (Lipinski definition) is 5. The fraction of sp³-hybridized carbons (Fsp3) is 0.909. The molecule has 0 aromatic rings. The summed E-state index contributed by atoms with van der Waals surface area (Å²) in [6.07, 6.45) is -4.70. The Morgan fingerprint density at radius 2 is 1.95 bits per heavy atom. The molecule has 0 fully saturated rings. The highest BCUT2D eigenvalue weighted by Gasteiger charge is 2.42. The van der Waals surface area contributed by atoms with E-state index < -0.39 is 18.2 Å². The van der Waals surface area contributed by atoms with E-state index in [9.17, 15) is 18.0 Å². The summed E-state index contributed by atoms with van der Waals surface area (Å²) >= 11 is 0. The van der Waals surface area contributed by atoms with Crippen molar-refractivity contribution < 1.29 is 27.4 Å². The van der Waals surface area contributed by atoms with Gasteiger partial charge in [-0.1, -0.05) is 0 Å². The SMILES string of the molecule is COCCN(CCC(=O)OC)C(CCN)C(F)(F)F. The molecule has 5 nitrogen and oxygen atoms in total. The number of hydrogen-bond donors (Lipinski definition) is 1. The van der Waals surface area contributed by atoms with Crippen molar-refractivity contribution in [3.05, 3.63) is 0 Å². The third-order valence-electron chi connectivity index (χ3n) is 2.67. The molecule has 0 spiro atoms. The first-order valence-electron chi connectivity index (χ1n) is 5.93. The Bertz CT molecular complexity index is 262. The van der Waals surface area contributed by atoms with Crippen LogP contribution in [0.25, 0.3) is 0 Å². The van der Waals surface area contributed by atoms with Crippen LogP contribution in [0.2, 0.25) is 0 Å². The van der Waals surface area contributed by atoms with Crippen molar-refractivity contribution in [3.8, 4) is 0 Å². The summed E-state index contributed by atoms with van der Waals surface area (Å²) in [6.45, 7) is 0.113. The monoisotopic (exact) mass is 286 g/mol. The largest absolute Gasteiger partial charge is 0.469 e. The molecule has 0 saturated heterocycles. The van der Waals surface area contributed by atoms with Crippen LogP contribution < -0.4 is 5.73 Å².